The van der Waals surface area contributed by atoms with Crippen molar-refractivity contribution in [1.82, 2.24) is 10.6 Å². The second kappa shape index (κ2) is 69.3. The van der Waals surface area contributed by atoms with E-state index in [2.05, 4.69) is 52.2 Å². The maximum atomic E-state index is 14.9. The minimum atomic E-state index is -1.73. The molecule has 0 radical (unpaired) electrons. The Balaban J connectivity index is 2.66. The van der Waals surface area contributed by atoms with Crippen molar-refractivity contribution in [3.63, 3.8) is 0 Å². The summed E-state index contributed by atoms with van der Waals surface area (Å²) in [4.78, 5) is 98.9. The molecule has 2 rings (SSSR count). The predicted octanol–water partition coefficient (Wildman–Crippen LogP) is 21.2. The lowest BCUT2D eigenvalue weighted by Gasteiger charge is -2.44. The lowest BCUT2D eigenvalue weighted by atomic mass is 9.95. The molecular weight excluding hydrogens is 1350 g/mol. The van der Waals surface area contributed by atoms with Gasteiger partial charge in [0.1, 0.15) is 43.2 Å². The van der Waals surface area contributed by atoms with Crippen LogP contribution in [0.15, 0.2) is 30.3 Å². The number of hydrogen-bond donors (Lipinski definition) is 4. The molecule has 0 bridgehead atoms. The summed E-state index contributed by atoms with van der Waals surface area (Å²) in [6.45, 7) is 11.9. The Morgan fingerprint density at radius 3 is 1.10 bits per heavy atom. The second-order valence-electron chi connectivity index (χ2n) is 31.1. The molecule has 1 fully saturated rings. The number of benzene rings is 1. The van der Waals surface area contributed by atoms with Crippen molar-refractivity contribution >= 4 is 41.7 Å². The van der Waals surface area contributed by atoms with Crippen LogP contribution in [0.3, 0.4) is 0 Å². The van der Waals surface area contributed by atoms with E-state index >= 15 is 0 Å². The Labute approximate surface area is 650 Å². The summed E-state index contributed by atoms with van der Waals surface area (Å²) in [5.41, 5.74) is 0.744. The fourth-order valence-electron chi connectivity index (χ4n) is 14.3. The predicted molar refractivity (Wildman–Crippen MR) is 429 cm³/mol. The van der Waals surface area contributed by atoms with Gasteiger partial charge in [-0.2, -0.15) is 0 Å². The van der Waals surface area contributed by atoms with E-state index in [1.165, 1.54) is 103 Å². The summed E-state index contributed by atoms with van der Waals surface area (Å²) in [6.07, 6.45) is 42.5. The van der Waals surface area contributed by atoms with Crippen LogP contribution in [0.1, 0.15) is 420 Å². The fraction of sp³-hybridized carbons (Fsp3) is 0.854. The molecule has 1 aromatic carbocycles. The Kier molecular flexibility index (Phi) is 63.8. The molecule has 107 heavy (non-hydrogen) atoms. The average Bonchev–Trinajstić information content (AvgIpc) is 0.792. The Morgan fingerprint density at radius 1 is 0.402 bits per heavy atom. The van der Waals surface area contributed by atoms with E-state index in [0.29, 0.717) is 51.4 Å². The third kappa shape index (κ3) is 54.6. The van der Waals surface area contributed by atoms with Crippen LogP contribution in [-0.4, -0.2) is 120 Å². The molecule has 18 nitrogen and oxygen atoms in total. The summed E-state index contributed by atoms with van der Waals surface area (Å²) in [5, 5.41) is 29.1. The number of carbonyl (C=O) groups excluding carboxylic acids is 7. The normalized spacial score (nSPS) is 16.8. The van der Waals surface area contributed by atoms with Crippen LogP contribution < -0.4 is 10.6 Å². The van der Waals surface area contributed by atoms with Crippen LogP contribution in [-0.2, 0) is 73.3 Å². The van der Waals surface area contributed by atoms with Crippen molar-refractivity contribution in [3.8, 4) is 0 Å². The van der Waals surface area contributed by atoms with Gasteiger partial charge in [0.2, 0.25) is 11.8 Å². The molecule has 0 aromatic heterocycles. The molecule has 0 spiro atoms. The monoisotopic (exact) mass is 1510 g/mol. The van der Waals surface area contributed by atoms with Gasteiger partial charge in [-0.15, -0.1) is 0 Å². The number of esters is 5. The molecule has 0 aliphatic carbocycles. The van der Waals surface area contributed by atoms with Gasteiger partial charge in [0, 0.05) is 19.3 Å². The third-order valence-electron chi connectivity index (χ3n) is 20.9. The highest BCUT2D eigenvalue weighted by atomic mass is 16.7. The largest absolute Gasteiger partial charge is 0.462 e. The topological polar surface area (TPSA) is 249 Å². The van der Waals surface area contributed by atoms with Gasteiger partial charge < -0.3 is 54.0 Å². The zero-order valence-corrected chi connectivity index (χ0v) is 68.8. The van der Waals surface area contributed by atoms with Crippen LogP contribution in [0.25, 0.3) is 0 Å². The Bertz CT molecular complexity index is 2330. The molecule has 0 saturated carbocycles. The molecule has 18 heteroatoms. The fourth-order valence-corrected chi connectivity index (χ4v) is 14.3. The maximum Gasteiger partial charge on any atom is 0.310 e. The SMILES string of the molecule is CCCCCCCCCCC[C@H](CC(=O)N[C@@H](CO[C@@H]1O[C@H](CO)[C@@H](O)[C@H](OC(=O)C[C@@H](CCCCCCCCCCC)OC(=O)CCCCCCCCC)[C@H]1NC(=O)C[C@@H](CCCCCCCCCCC)OC(=O)CCCCCCCCC)CC(=O)OCc1ccccc1)OC(=O)CCCCCCCCC. The van der Waals surface area contributed by atoms with E-state index in [4.69, 9.17) is 33.2 Å². The van der Waals surface area contributed by atoms with Crippen molar-refractivity contribution in [2.24, 2.45) is 0 Å². The first-order chi connectivity index (χ1) is 52.2. The summed E-state index contributed by atoms with van der Waals surface area (Å²) in [6, 6.07) is 6.57. The molecule has 1 aliphatic rings. The van der Waals surface area contributed by atoms with Crippen molar-refractivity contribution < 1.29 is 76.9 Å². The van der Waals surface area contributed by atoms with Crippen LogP contribution in [0.4, 0.5) is 0 Å². The van der Waals surface area contributed by atoms with Gasteiger partial charge in [-0.25, -0.2) is 0 Å². The lowest BCUT2D eigenvalue weighted by Crippen LogP contribution is -2.66. The molecule has 1 heterocycles. The first-order valence-corrected chi connectivity index (χ1v) is 44.3. The minimum absolute atomic E-state index is 0.0489. The first-order valence-electron chi connectivity index (χ1n) is 44.3. The molecular formula is C89H158N2O16. The van der Waals surface area contributed by atoms with Crippen molar-refractivity contribution in [3.05, 3.63) is 35.9 Å². The number of ether oxygens (including phenoxy) is 7. The Hall–Kier alpha value is -4.65. The summed E-state index contributed by atoms with van der Waals surface area (Å²) in [5.74, 6) is -3.79. The molecule has 1 aliphatic heterocycles. The molecule has 9 atom stereocenters. The maximum absolute atomic E-state index is 14.9. The molecule has 4 N–H and O–H groups in total. The van der Waals surface area contributed by atoms with E-state index in [-0.39, 0.29) is 51.1 Å². The van der Waals surface area contributed by atoms with Gasteiger partial charge in [0.15, 0.2) is 12.4 Å². The van der Waals surface area contributed by atoms with Gasteiger partial charge in [-0.1, -0.05) is 342 Å². The van der Waals surface area contributed by atoms with Crippen LogP contribution >= 0.6 is 0 Å². The van der Waals surface area contributed by atoms with E-state index in [1.807, 2.05) is 30.3 Å². The zero-order chi connectivity index (χ0) is 77.8. The lowest BCUT2D eigenvalue weighted by molar-refractivity contribution is -0.275. The summed E-state index contributed by atoms with van der Waals surface area (Å²) in [7, 11) is 0. The number of amides is 2. The smallest absolute Gasteiger partial charge is 0.310 e. The standard InChI is InChI=1S/C89H158N2O16/c1-7-13-19-25-31-34-40-43-52-60-75(103-81(95)63-55-46-37-28-22-16-10-4)67-79(93)90-74(66-84(98)101-71-73-58-50-49-51-59-73)72-102-89-86(91-80(94)68-76(61-53-44-41-35-32-26-20-14-8-2)104-82(96)64-56-47-38-29-23-17-11-5)88(87(100)78(70-92)106-89)107-85(99)69-77(62-54-45-42-36-33-27-21-15-9-3)105-83(97)65-57-48-39-30-24-18-12-6/h49-51,58-59,74-78,86-89,92,100H,7-48,52-57,60-72H2,1-6H3,(H,90,93)(H,91,94)/t74-,75-,76-,77-,78-,86-,87-,88-,89-/m1/s1. The summed E-state index contributed by atoms with van der Waals surface area (Å²) < 4.78 is 43.4. The number of aliphatic hydroxyl groups excluding tert-OH is 2. The molecule has 0 unspecified atom stereocenters. The van der Waals surface area contributed by atoms with Gasteiger partial charge in [-0.05, 0) is 63.4 Å². The van der Waals surface area contributed by atoms with Crippen LogP contribution in [0.5, 0.6) is 0 Å². The van der Waals surface area contributed by atoms with Gasteiger partial charge in [-0.3, -0.25) is 33.6 Å². The highest BCUT2D eigenvalue weighted by molar-refractivity contribution is 5.79. The second-order valence-corrected chi connectivity index (χ2v) is 31.1. The van der Waals surface area contributed by atoms with E-state index in [0.717, 1.165) is 179 Å². The first kappa shape index (κ1) is 98.4. The molecule has 1 aromatic rings. The molecule has 2 amide bonds. The van der Waals surface area contributed by atoms with Crippen LogP contribution in [0, 0.1) is 0 Å². The highest BCUT2D eigenvalue weighted by Crippen LogP contribution is 2.29. The van der Waals surface area contributed by atoms with Crippen molar-refractivity contribution in [1.29, 1.82) is 0 Å². The minimum Gasteiger partial charge on any atom is -0.462 e. The number of nitrogens with one attached hydrogen (secondary N) is 2. The highest BCUT2D eigenvalue weighted by Gasteiger charge is 2.49. The molecule has 620 valence electrons. The number of carbonyl (C=O) groups is 7. The van der Waals surface area contributed by atoms with E-state index in [9.17, 15) is 43.8 Å². The summed E-state index contributed by atoms with van der Waals surface area (Å²) >= 11 is 0. The van der Waals surface area contributed by atoms with Gasteiger partial charge in [0.25, 0.3) is 0 Å². The van der Waals surface area contributed by atoms with Gasteiger partial charge >= 0.3 is 29.8 Å². The quantitative estimate of drug-likeness (QED) is 0.0269. The van der Waals surface area contributed by atoms with Gasteiger partial charge in [0.05, 0.1) is 44.9 Å². The van der Waals surface area contributed by atoms with Crippen molar-refractivity contribution in [2.45, 2.75) is 476 Å². The van der Waals surface area contributed by atoms with E-state index < -0.39 is 110 Å². The zero-order valence-electron chi connectivity index (χ0n) is 68.8. The Morgan fingerprint density at radius 2 is 0.738 bits per heavy atom. The van der Waals surface area contributed by atoms with Crippen molar-refractivity contribution in [2.75, 3.05) is 13.2 Å². The number of rotatable bonds is 74. The van der Waals surface area contributed by atoms with E-state index in [1.54, 1.807) is 0 Å². The van der Waals surface area contributed by atoms with Crippen LogP contribution in [0.2, 0.25) is 0 Å². The number of hydrogen-bond acceptors (Lipinski definition) is 16. The average molecular weight is 1510 g/mol. The molecule has 1 saturated heterocycles. The number of unbranched alkanes of at least 4 members (excludes halogenated alkanes) is 42. The third-order valence-corrected chi connectivity index (χ3v) is 20.9. The number of aliphatic hydroxyl groups is 2.